The minimum atomic E-state index is 0.0420. The van der Waals surface area contributed by atoms with Crippen molar-refractivity contribution in [1.29, 1.82) is 0 Å². The van der Waals surface area contributed by atoms with E-state index in [4.69, 9.17) is 71.7 Å². The molecule has 0 saturated carbocycles. The lowest BCUT2D eigenvalue weighted by Gasteiger charge is -2.22. The highest BCUT2D eigenvalue weighted by Gasteiger charge is 2.27. The van der Waals surface area contributed by atoms with Gasteiger partial charge in [-0.1, -0.05) is 325 Å². The first-order chi connectivity index (χ1) is 65.9. The van der Waals surface area contributed by atoms with Crippen LogP contribution in [0.2, 0.25) is 0 Å². The molecule has 0 fully saturated rings. The third-order valence-electron chi connectivity index (χ3n) is 28.6. The summed E-state index contributed by atoms with van der Waals surface area (Å²) in [6, 6.07) is 26.4. The molecular formula is C122H192O15. The molecule has 8 atom stereocenters. The standard InChI is InChI=1S/C122H192O15/c1-83(2)33-25-41-91(17)49-57-123-111-71-99-101-73-113(125-59-51-93(19)43-27-35-85(5)6)117(129-63-55-97(23)47-31-39-89(13)14)77-105(101)109-81-121-119(79-107(109)103(99)75-115(111)127-61-53-95(21)45-29-37-87(9)10)131-65-66-132-120-80-108-104-76-116(128-62-54-96(22)46-30-38-88(11)12)112(124-58-50-92(18)42-26-34-84(3)4)72-100(104)102-74-114(126-60-52-94(20)44-28-36-86(7)8)118(130-64-56-98(24)48-32-40-90(15)16)78-106(102)110(108)82-122(120)134-68-70-136-137-135-69-67-133-121/h71-98H,25-70H2,1-24H3/t91-,92-,93-,94-,95-,96-,97-,98-/m0/s1. The molecule has 770 valence electrons. The van der Waals surface area contributed by atoms with E-state index in [1.807, 2.05) is 0 Å². The van der Waals surface area contributed by atoms with E-state index < -0.39 is 0 Å². The molecule has 0 bridgehead atoms. The highest BCUT2D eigenvalue weighted by atomic mass is 17.5. The summed E-state index contributed by atoms with van der Waals surface area (Å²) >= 11 is 0. The predicted molar refractivity (Wildman–Crippen MR) is 577 cm³/mol. The smallest absolute Gasteiger partial charge is 0.162 e. The van der Waals surface area contributed by atoms with Gasteiger partial charge in [-0.25, -0.2) is 9.78 Å². The molecule has 15 heteroatoms. The molecule has 8 aromatic rings. The van der Waals surface area contributed by atoms with Gasteiger partial charge < -0.3 is 56.8 Å². The Kier molecular flexibility index (Phi) is 50.4. The van der Waals surface area contributed by atoms with Gasteiger partial charge in [-0.2, -0.15) is 0 Å². The largest absolute Gasteiger partial charge is 0.490 e. The molecule has 0 aliphatic carbocycles. The van der Waals surface area contributed by atoms with Gasteiger partial charge in [0.25, 0.3) is 0 Å². The van der Waals surface area contributed by atoms with Crippen LogP contribution < -0.4 is 56.8 Å². The first-order valence-electron chi connectivity index (χ1n) is 55.4. The molecule has 0 aromatic heterocycles. The Hall–Kier alpha value is -7.20. The Bertz CT molecular complexity index is 4460. The normalized spacial score (nSPS) is 15.1. The minimum absolute atomic E-state index is 0.0420. The summed E-state index contributed by atoms with van der Waals surface area (Å²) in [4.78, 5) is 11.5. The van der Waals surface area contributed by atoms with Crippen LogP contribution in [0.25, 0.3) is 64.6 Å². The number of fused-ring (bicyclic) bond motifs is 14. The minimum Gasteiger partial charge on any atom is -0.490 e. The second kappa shape index (κ2) is 60.9. The summed E-state index contributed by atoms with van der Waals surface area (Å²) in [5.74, 6) is 17.3. The molecule has 0 spiro atoms. The van der Waals surface area contributed by atoms with Crippen LogP contribution in [0.3, 0.4) is 0 Å². The summed E-state index contributed by atoms with van der Waals surface area (Å²) in [6.07, 6.45) is 36.2. The molecule has 1 heterocycles. The second-order valence-electron chi connectivity index (χ2n) is 45.7. The van der Waals surface area contributed by atoms with Crippen molar-refractivity contribution < 1.29 is 71.7 Å². The molecule has 137 heavy (non-hydrogen) atoms. The number of ether oxygens (including phenoxy) is 12. The summed E-state index contributed by atoms with van der Waals surface area (Å²) in [7, 11) is 0. The van der Waals surface area contributed by atoms with Gasteiger partial charge in [0, 0.05) is 0 Å². The molecule has 1 aliphatic heterocycles. The van der Waals surface area contributed by atoms with Crippen LogP contribution in [-0.4, -0.2) is 92.5 Å². The SMILES string of the molecule is CC(C)CCC[C@H](C)CCOc1cc2c3cc4c(cc3c3cc(OCC[C@@H](C)CCCC(C)C)c(OCC[C@@H](C)CCCC(C)C)cc3c2cc1OCC[C@@H](C)CCCC(C)C)OCCOc1cc2c(cc1OCCOOOCCO4)c1cc(OCC[C@@H](C)CCCC(C)C)c(OCC[C@@H](C)CCCC(C)C)cc1c1cc(OCC[C@@H](C)CCCC(C)C)c(OCC[C@@H](C)CCCC(C)C)cc21. The Balaban J connectivity index is 1.22. The van der Waals surface area contributed by atoms with Gasteiger partial charge in [0.2, 0.25) is 0 Å². The van der Waals surface area contributed by atoms with E-state index in [1.165, 1.54) is 116 Å². The second-order valence-corrected chi connectivity index (χ2v) is 45.7. The average molecular weight is 1900 g/mol. The van der Waals surface area contributed by atoms with Crippen LogP contribution in [-0.2, 0) is 14.8 Å². The maximum absolute atomic E-state index is 7.19. The first-order valence-corrected chi connectivity index (χ1v) is 55.4. The lowest BCUT2D eigenvalue weighted by molar-refractivity contribution is -0.513. The number of hydrogen-bond donors (Lipinski definition) is 0. The first kappa shape index (κ1) is 113. The van der Waals surface area contributed by atoms with Crippen molar-refractivity contribution in [1.82, 2.24) is 0 Å². The van der Waals surface area contributed by atoms with Crippen molar-refractivity contribution in [3.05, 3.63) is 72.8 Å². The van der Waals surface area contributed by atoms with Gasteiger partial charge in [-0.15, -0.1) is 0 Å². The fourth-order valence-corrected chi connectivity index (χ4v) is 19.3. The summed E-state index contributed by atoms with van der Waals surface area (Å²) < 4.78 is 85.0. The van der Waals surface area contributed by atoms with E-state index in [2.05, 4.69) is 239 Å². The third-order valence-corrected chi connectivity index (χ3v) is 28.6. The Morgan fingerprint density at radius 2 is 0.299 bits per heavy atom. The molecule has 1 aliphatic rings. The van der Waals surface area contributed by atoms with Crippen LogP contribution in [0.5, 0.6) is 69.0 Å². The summed E-state index contributed by atoms with van der Waals surface area (Å²) in [5, 5.41) is 17.2. The van der Waals surface area contributed by atoms with E-state index in [0.717, 1.165) is 201 Å². The maximum Gasteiger partial charge on any atom is 0.162 e. The zero-order valence-electron chi connectivity index (χ0n) is 90.8. The molecule has 0 saturated heterocycles. The monoisotopic (exact) mass is 1900 g/mol. The van der Waals surface area contributed by atoms with E-state index in [-0.39, 0.29) is 39.6 Å². The highest BCUT2D eigenvalue weighted by molar-refractivity contribution is 6.28. The number of rotatable bonds is 64. The topological polar surface area (TPSA) is 138 Å². The molecule has 0 N–H and O–H groups in total. The number of benzene rings is 8. The lowest BCUT2D eigenvalue weighted by atomic mass is 9.93. The average Bonchev–Trinajstić information content (AvgIpc) is 0.733. The van der Waals surface area contributed by atoms with Crippen LogP contribution in [0.1, 0.15) is 372 Å². The van der Waals surface area contributed by atoms with E-state index in [9.17, 15) is 0 Å². The van der Waals surface area contributed by atoms with Crippen molar-refractivity contribution >= 4 is 64.6 Å². The van der Waals surface area contributed by atoms with E-state index >= 15 is 0 Å². The quantitative estimate of drug-likeness (QED) is 0.0264. The fourth-order valence-electron chi connectivity index (χ4n) is 19.3. The molecule has 0 radical (unpaired) electrons. The summed E-state index contributed by atoms with van der Waals surface area (Å²) in [5.41, 5.74) is 0. The van der Waals surface area contributed by atoms with Gasteiger partial charge in [0.15, 0.2) is 69.0 Å². The zero-order valence-corrected chi connectivity index (χ0v) is 90.8. The molecular weight excluding hydrogens is 1710 g/mol. The summed E-state index contributed by atoms with van der Waals surface area (Å²) in [6.45, 7) is 61.1. The third kappa shape index (κ3) is 39.9. The van der Waals surface area contributed by atoms with Crippen LogP contribution in [0.15, 0.2) is 72.8 Å². The zero-order chi connectivity index (χ0) is 98.7. The van der Waals surface area contributed by atoms with Crippen molar-refractivity contribution in [2.45, 2.75) is 372 Å². The van der Waals surface area contributed by atoms with Gasteiger partial charge >= 0.3 is 0 Å². The Morgan fingerprint density at radius 1 is 0.168 bits per heavy atom. The van der Waals surface area contributed by atoms with Gasteiger partial charge in [0.1, 0.15) is 39.6 Å². The van der Waals surface area contributed by atoms with E-state index in [1.54, 1.807) is 0 Å². The van der Waals surface area contributed by atoms with Crippen LogP contribution in [0.4, 0.5) is 0 Å². The van der Waals surface area contributed by atoms with Crippen LogP contribution in [0, 0.1) is 94.7 Å². The van der Waals surface area contributed by atoms with Crippen molar-refractivity contribution in [3.8, 4) is 69.0 Å². The van der Waals surface area contributed by atoms with Gasteiger partial charge in [0.05, 0.1) is 52.9 Å². The van der Waals surface area contributed by atoms with Gasteiger partial charge in [-0.3, -0.25) is 0 Å². The van der Waals surface area contributed by atoms with Crippen LogP contribution >= 0.6 is 0 Å². The Labute approximate surface area is 832 Å². The molecule has 0 unspecified atom stereocenters. The molecule has 9 rings (SSSR count). The lowest BCUT2D eigenvalue weighted by Crippen LogP contribution is -2.12. The Morgan fingerprint density at radius 3 is 0.438 bits per heavy atom. The highest BCUT2D eigenvalue weighted by Crippen LogP contribution is 2.51. The van der Waals surface area contributed by atoms with Crippen molar-refractivity contribution in [2.75, 3.05) is 92.5 Å². The van der Waals surface area contributed by atoms with Gasteiger partial charge in [-0.05, 0) is 283 Å². The van der Waals surface area contributed by atoms with Crippen molar-refractivity contribution in [3.63, 3.8) is 0 Å². The fraction of sp³-hybridized carbons (Fsp3) is 0.705. The maximum atomic E-state index is 7.19. The number of hydrogen-bond acceptors (Lipinski definition) is 15. The molecule has 0 amide bonds. The van der Waals surface area contributed by atoms with Crippen molar-refractivity contribution in [2.24, 2.45) is 94.7 Å². The van der Waals surface area contributed by atoms with E-state index in [0.29, 0.717) is 171 Å². The molecule has 15 nitrogen and oxygen atoms in total. The molecule has 8 aromatic carbocycles. The predicted octanol–water partition coefficient (Wildman–Crippen LogP) is 35.6.